The van der Waals surface area contributed by atoms with Crippen molar-refractivity contribution in [3.63, 3.8) is 0 Å². The summed E-state index contributed by atoms with van der Waals surface area (Å²) in [5, 5.41) is 0.496. The van der Waals surface area contributed by atoms with E-state index in [0.717, 1.165) is 5.56 Å². The average molecular weight is 228 g/mol. The number of quaternary nitrogens is 1. The number of nitrogens with zero attached hydrogens (tertiary/aromatic N) is 1. The number of halogens is 3. The summed E-state index contributed by atoms with van der Waals surface area (Å²) in [6, 6.07) is 3.72. The number of pyridine rings is 1. The average Bonchev–Trinajstić information content (AvgIpc) is 2.05. The largest absolute Gasteiger partial charge is 1.00 e. The highest BCUT2D eigenvalue weighted by atomic mass is 35.5. The SMILES string of the molecule is [Cl-].[NH3+]C(CCl)c1ccc(Cl)nc1. The van der Waals surface area contributed by atoms with Gasteiger partial charge >= 0.3 is 0 Å². The summed E-state index contributed by atoms with van der Waals surface area (Å²) in [7, 11) is 0. The molecule has 0 aliphatic carbocycles. The van der Waals surface area contributed by atoms with Gasteiger partial charge in [-0.25, -0.2) is 4.98 Å². The molecule has 1 atom stereocenters. The van der Waals surface area contributed by atoms with Crippen molar-refractivity contribution in [1.29, 1.82) is 0 Å². The lowest BCUT2D eigenvalue weighted by Crippen LogP contribution is -3.00. The molecule has 0 saturated heterocycles. The maximum atomic E-state index is 5.60. The van der Waals surface area contributed by atoms with Crippen LogP contribution < -0.4 is 18.1 Å². The van der Waals surface area contributed by atoms with Gasteiger partial charge in [0, 0.05) is 11.8 Å². The van der Waals surface area contributed by atoms with Gasteiger partial charge in [0.25, 0.3) is 0 Å². The summed E-state index contributed by atoms with van der Waals surface area (Å²) in [6.07, 6.45) is 1.70. The van der Waals surface area contributed by atoms with Crippen LogP contribution in [0.25, 0.3) is 0 Å². The van der Waals surface area contributed by atoms with Crippen LogP contribution in [0.5, 0.6) is 0 Å². The topological polar surface area (TPSA) is 40.5 Å². The Kier molecular flexibility index (Phi) is 5.59. The molecule has 3 N–H and O–H groups in total. The van der Waals surface area contributed by atoms with Crippen LogP contribution in [0.3, 0.4) is 0 Å². The summed E-state index contributed by atoms with van der Waals surface area (Å²) in [5.41, 5.74) is 4.86. The van der Waals surface area contributed by atoms with Crippen LogP contribution >= 0.6 is 23.2 Å². The summed E-state index contributed by atoms with van der Waals surface area (Å²) in [6.45, 7) is 0. The Morgan fingerprint density at radius 1 is 1.50 bits per heavy atom. The van der Waals surface area contributed by atoms with Crippen molar-refractivity contribution in [3.8, 4) is 0 Å². The number of aromatic nitrogens is 1. The van der Waals surface area contributed by atoms with Gasteiger partial charge in [0.2, 0.25) is 0 Å². The van der Waals surface area contributed by atoms with E-state index in [-0.39, 0.29) is 18.4 Å². The zero-order valence-corrected chi connectivity index (χ0v) is 8.57. The quantitative estimate of drug-likeness (QED) is 0.473. The van der Waals surface area contributed by atoms with Crippen molar-refractivity contribution in [3.05, 3.63) is 29.0 Å². The fourth-order valence-corrected chi connectivity index (χ4v) is 1.01. The van der Waals surface area contributed by atoms with Crippen molar-refractivity contribution in [1.82, 2.24) is 4.98 Å². The molecule has 1 aromatic heterocycles. The van der Waals surface area contributed by atoms with Gasteiger partial charge in [0.05, 0.1) is 5.88 Å². The highest BCUT2D eigenvalue weighted by molar-refractivity contribution is 6.29. The maximum Gasteiger partial charge on any atom is 0.129 e. The highest BCUT2D eigenvalue weighted by Gasteiger charge is 2.06. The molecule has 1 rings (SSSR count). The molecule has 5 heteroatoms. The van der Waals surface area contributed by atoms with Gasteiger partial charge in [-0.1, -0.05) is 11.6 Å². The molecule has 68 valence electrons. The molecule has 0 aliphatic rings. The Hall–Kier alpha value is -0.0200. The standard InChI is InChI=1S/C7H8Cl2N2.ClH/c8-3-6(10)5-1-2-7(9)11-4-5;/h1-2,4,6H,3,10H2;1H. The van der Waals surface area contributed by atoms with Crippen LogP contribution in [-0.2, 0) is 0 Å². The van der Waals surface area contributed by atoms with Crippen molar-refractivity contribution in [2.75, 3.05) is 5.88 Å². The fraction of sp³-hybridized carbons (Fsp3) is 0.286. The van der Waals surface area contributed by atoms with Crippen LogP contribution in [0.15, 0.2) is 18.3 Å². The third kappa shape index (κ3) is 3.15. The fourth-order valence-electron chi connectivity index (χ4n) is 0.718. The zero-order valence-electron chi connectivity index (χ0n) is 6.30. The number of hydrogen-bond acceptors (Lipinski definition) is 1. The molecular weight excluding hydrogens is 218 g/mol. The summed E-state index contributed by atoms with van der Waals surface area (Å²) in [4.78, 5) is 3.91. The molecule has 0 aliphatic heterocycles. The van der Waals surface area contributed by atoms with E-state index < -0.39 is 0 Å². The van der Waals surface area contributed by atoms with E-state index in [1.165, 1.54) is 0 Å². The van der Waals surface area contributed by atoms with E-state index in [0.29, 0.717) is 11.0 Å². The van der Waals surface area contributed by atoms with Crippen molar-refractivity contribution in [2.45, 2.75) is 6.04 Å². The van der Waals surface area contributed by atoms with Gasteiger partial charge in [-0.3, -0.25) is 0 Å². The van der Waals surface area contributed by atoms with E-state index in [1.54, 1.807) is 12.3 Å². The van der Waals surface area contributed by atoms with E-state index in [1.807, 2.05) is 6.07 Å². The third-order valence-corrected chi connectivity index (χ3v) is 2.00. The van der Waals surface area contributed by atoms with Crippen molar-refractivity contribution in [2.24, 2.45) is 0 Å². The Bertz CT molecular complexity index is 225. The monoisotopic (exact) mass is 226 g/mol. The van der Waals surface area contributed by atoms with Gasteiger partial charge in [-0.05, 0) is 12.1 Å². The third-order valence-electron chi connectivity index (χ3n) is 1.41. The molecule has 1 aromatic rings. The number of hydrogen-bond donors (Lipinski definition) is 1. The maximum absolute atomic E-state index is 5.60. The van der Waals surface area contributed by atoms with E-state index >= 15 is 0 Å². The lowest BCUT2D eigenvalue weighted by molar-refractivity contribution is -0.419. The zero-order chi connectivity index (χ0) is 8.27. The minimum atomic E-state index is 0. The molecule has 0 spiro atoms. The first-order chi connectivity index (χ1) is 5.24. The van der Waals surface area contributed by atoms with Gasteiger partial charge < -0.3 is 18.1 Å². The second kappa shape index (κ2) is 5.60. The van der Waals surface area contributed by atoms with Crippen LogP contribution in [0, 0.1) is 0 Å². The first kappa shape index (κ1) is 12.0. The molecule has 12 heavy (non-hydrogen) atoms. The number of alkyl halides is 1. The molecular formula is C7H9Cl3N2. The van der Waals surface area contributed by atoms with Crippen LogP contribution in [0.1, 0.15) is 11.6 Å². The number of rotatable bonds is 2. The molecule has 2 nitrogen and oxygen atoms in total. The van der Waals surface area contributed by atoms with Gasteiger partial charge in [0.1, 0.15) is 11.2 Å². The smallest absolute Gasteiger partial charge is 0.129 e. The van der Waals surface area contributed by atoms with Crippen molar-refractivity contribution >= 4 is 23.2 Å². The van der Waals surface area contributed by atoms with Crippen LogP contribution in [0.2, 0.25) is 5.15 Å². The summed E-state index contributed by atoms with van der Waals surface area (Å²) in [5.74, 6) is 0.503. The highest BCUT2D eigenvalue weighted by Crippen LogP contribution is 2.10. The Balaban J connectivity index is 0.00000121. The molecule has 0 radical (unpaired) electrons. The summed E-state index contributed by atoms with van der Waals surface area (Å²) < 4.78 is 0. The first-order valence-corrected chi connectivity index (χ1v) is 4.16. The molecule has 0 fully saturated rings. The Morgan fingerprint density at radius 2 is 2.17 bits per heavy atom. The van der Waals surface area contributed by atoms with E-state index in [2.05, 4.69) is 10.7 Å². The summed E-state index contributed by atoms with van der Waals surface area (Å²) >= 11 is 11.2. The van der Waals surface area contributed by atoms with Crippen LogP contribution in [-0.4, -0.2) is 10.9 Å². The van der Waals surface area contributed by atoms with E-state index in [9.17, 15) is 0 Å². The molecule has 0 amide bonds. The molecule has 0 saturated carbocycles. The minimum absolute atomic E-state index is 0. The molecule has 0 bridgehead atoms. The van der Waals surface area contributed by atoms with Crippen LogP contribution in [0.4, 0.5) is 0 Å². The Morgan fingerprint density at radius 3 is 2.58 bits per heavy atom. The molecule has 1 heterocycles. The molecule has 1 unspecified atom stereocenters. The lowest BCUT2D eigenvalue weighted by atomic mass is 10.2. The van der Waals surface area contributed by atoms with E-state index in [4.69, 9.17) is 23.2 Å². The Labute approximate surface area is 87.5 Å². The van der Waals surface area contributed by atoms with Gasteiger partial charge in [-0.15, -0.1) is 11.6 Å². The second-order valence-electron chi connectivity index (χ2n) is 2.27. The predicted octanol–water partition coefficient (Wildman–Crippen LogP) is -1.74. The van der Waals surface area contributed by atoms with Gasteiger partial charge in [-0.2, -0.15) is 0 Å². The first-order valence-electron chi connectivity index (χ1n) is 3.24. The lowest BCUT2D eigenvalue weighted by Gasteiger charge is -2.02. The normalized spacial score (nSPS) is 11.9. The second-order valence-corrected chi connectivity index (χ2v) is 2.96. The molecule has 0 aromatic carbocycles. The van der Waals surface area contributed by atoms with Crippen molar-refractivity contribution < 1.29 is 18.1 Å². The predicted molar refractivity (Wildman–Crippen MR) is 45.6 cm³/mol. The van der Waals surface area contributed by atoms with Gasteiger partial charge in [0.15, 0.2) is 0 Å². The minimum Gasteiger partial charge on any atom is -1.00 e.